The molecule has 5 rings (SSSR count). The number of piperazine rings is 1. The number of aromatic nitrogens is 5. The number of halogens is 1. The fourth-order valence-corrected chi connectivity index (χ4v) is 5.48. The molecule has 0 amide bonds. The van der Waals surface area contributed by atoms with Crippen LogP contribution in [-0.2, 0) is 16.6 Å². The normalized spacial score (nSPS) is 16.0. The Morgan fingerprint density at radius 2 is 1.79 bits per heavy atom. The number of fused-ring (bicyclic) bond motifs is 1. The molecular weight excluding hydrogens is 466 g/mol. The van der Waals surface area contributed by atoms with Gasteiger partial charge in [-0.15, -0.1) is 0 Å². The van der Waals surface area contributed by atoms with Crippen LogP contribution in [0.5, 0.6) is 0 Å². The maximum atomic E-state index is 12.9. The van der Waals surface area contributed by atoms with Crippen molar-refractivity contribution in [3.05, 3.63) is 58.8 Å². The number of nitrogens with zero attached hydrogens (tertiary/aromatic N) is 7. The lowest BCUT2D eigenvalue weighted by molar-refractivity contribution is 0.176. The van der Waals surface area contributed by atoms with Gasteiger partial charge in [0.15, 0.2) is 11.5 Å². The molecule has 10 nitrogen and oxygen atoms in total. The summed E-state index contributed by atoms with van der Waals surface area (Å²) in [7, 11) is -3.55. The van der Waals surface area contributed by atoms with E-state index in [-0.39, 0.29) is 4.90 Å². The summed E-state index contributed by atoms with van der Waals surface area (Å²) >= 11 is 5.88. The summed E-state index contributed by atoms with van der Waals surface area (Å²) in [5.74, 6) is 0.893. The van der Waals surface area contributed by atoms with Crippen LogP contribution >= 0.6 is 11.6 Å². The van der Waals surface area contributed by atoms with E-state index in [1.165, 1.54) is 16.4 Å². The molecule has 0 radical (unpaired) electrons. The Bertz CT molecular complexity index is 1410. The monoisotopic (exact) mass is 487 g/mol. The Hall–Kier alpha value is -2.86. The highest BCUT2D eigenvalue weighted by atomic mass is 35.5. The van der Waals surface area contributed by atoms with Crippen LogP contribution in [0.15, 0.2) is 45.9 Å². The predicted molar refractivity (Wildman–Crippen MR) is 121 cm³/mol. The molecule has 0 unspecified atom stereocenters. The highest BCUT2D eigenvalue weighted by Crippen LogP contribution is 2.24. The zero-order chi connectivity index (χ0) is 23.2. The third kappa shape index (κ3) is 4.24. The molecule has 4 aromatic rings. The molecule has 1 aliphatic heterocycles. The van der Waals surface area contributed by atoms with Gasteiger partial charge in [0.05, 0.1) is 17.6 Å². The van der Waals surface area contributed by atoms with E-state index in [1.807, 2.05) is 19.9 Å². The van der Waals surface area contributed by atoms with Crippen molar-refractivity contribution in [2.75, 3.05) is 26.2 Å². The van der Waals surface area contributed by atoms with Crippen molar-refractivity contribution in [3.8, 4) is 11.5 Å². The summed E-state index contributed by atoms with van der Waals surface area (Å²) in [5.41, 5.74) is 3.20. The molecule has 1 fully saturated rings. The molecular formula is C21H22ClN7O3S. The van der Waals surface area contributed by atoms with Gasteiger partial charge in [-0.2, -0.15) is 14.4 Å². The van der Waals surface area contributed by atoms with Gasteiger partial charge in [-0.3, -0.25) is 4.90 Å². The highest BCUT2D eigenvalue weighted by Gasteiger charge is 2.29. The Balaban J connectivity index is 1.26. The summed E-state index contributed by atoms with van der Waals surface area (Å²) in [6.07, 6.45) is 1.67. The zero-order valence-corrected chi connectivity index (χ0v) is 19.7. The van der Waals surface area contributed by atoms with E-state index in [0.717, 1.165) is 11.4 Å². The Labute approximate surface area is 195 Å². The fourth-order valence-electron chi connectivity index (χ4n) is 3.93. The molecule has 0 spiro atoms. The van der Waals surface area contributed by atoms with E-state index in [1.54, 1.807) is 22.8 Å². The molecule has 12 heteroatoms. The van der Waals surface area contributed by atoms with Gasteiger partial charge in [0.25, 0.3) is 5.89 Å². The van der Waals surface area contributed by atoms with Crippen LogP contribution < -0.4 is 0 Å². The van der Waals surface area contributed by atoms with Crippen molar-refractivity contribution in [2.45, 2.75) is 25.3 Å². The van der Waals surface area contributed by atoms with E-state index in [2.05, 4.69) is 25.1 Å². The first kappa shape index (κ1) is 22.0. The van der Waals surface area contributed by atoms with Gasteiger partial charge in [0, 0.05) is 42.6 Å². The number of rotatable bonds is 5. The maximum Gasteiger partial charge on any atom is 0.263 e. The molecule has 3 aromatic heterocycles. The molecule has 0 saturated carbocycles. The van der Waals surface area contributed by atoms with Crippen LogP contribution in [0.25, 0.3) is 17.1 Å². The second-order valence-corrected chi connectivity index (χ2v) is 10.4. The maximum absolute atomic E-state index is 12.9. The number of aryl methyl sites for hydroxylation is 2. The number of benzene rings is 1. The summed E-state index contributed by atoms with van der Waals surface area (Å²) in [6.45, 7) is 6.24. The minimum Gasteiger partial charge on any atom is -0.334 e. The van der Waals surface area contributed by atoms with Crippen molar-refractivity contribution < 1.29 is 12.9 Å². The largest absolute Gasteiger partial charge is 0.334 e. The molecule has 172 valence electrons. The second-order valence-electron chi connectivity index (χ2n) is 7.98. The van der Waals surface area contributed by atoms with E-state index in [4.69, 9.17) is 16.1 Å². The smallest absolute Gasteiger partial charge is 0.263 e. The van der Waals surface area contributed by atoms with Crippen LogP contribution in [-0.4, -0.2) is 68.5 Å². The van der Waals surface area contributed by atoms with Gasteiger partial charge in [0.1, 0.15) is 5.56 Å². The van der Waals surface area contributed by atoms with E-state index in [0.29, 0.717) is 60.7 Å². The zero-order valence-electron chi connectivity index (χ0n) is 18.1. The topological polar surface area (TPSA) is 110 Å². The number of sulfonamides is 1. The molecule has 0 aliphatic carbocycles. The summed E-state index contributed by atoms with van der Waals surface area (Å²) in [4.78, 5) is 11.4. The molecule has 1 aromatic carbocycles. The lowest BCUT2D eigenvalue weighted by atomic mass is 10.3. The summed E-state index contributed by atoms with van der Waals surface area (Å²) in [6, 6.07) is 8.18. The molecule has 4 heterocycles. The van der Waals surface area contributed by atoms with Crippen molar-refractivity contribution in [1.29, 1.82) is 0 Å². The van der Waals surface area contributed by atoms with Crippen LogP contribution in [0, 0.1) is 13.8 Å². The first-order valence-electron chi connectivity index (χ1n) is 10.4. The third-order valence-electron chi connectivity index (χ3n) is 5.62. The average Bonchev–Trinajstić information content (AvgIpc) is 3.41. The molecule has 1 aliphatic rings. The average molecular weight is 488 g/mol. The molecule has 1 saturated heterocycles. The van der Waals surface area contributed by atoms with Crippen LogP contribution in [0.1, 0.15) is 17.2 Å². The van der Waals surface area contributed by atoms with Crippen LogP contribution in [0.2, 0.25) is 5.02 Å². The third-order valence-corrected chi connectivity index (χ3v) is 7.79. The number of hydrogen-bond acceptors (Lipinski definition) is 8. The van der Waals surface area contributed by atoms with Gasteiger partial charge in [-0.1, -0.05) is 16.8 Å². The predicted octanol–water partition coefficient (Wildman–Crippen LogP) is 2.56. The minimum atomic E-state index is -3.55. The lowest BCUT2D eigenvalue weighted by Gasteiger charge is -2.33. The first-order chi connectivity index (χ1) is 15.8. The Morgan fingerprint density at radius 1 is 1.06 bits per heavy atom. The Kier molecular flexibility index (Phi) is 5.65. The van der Waals surface area contributed by atoms with Gasteiger partial charge >= 0.3 is 0 Å². The van der Waals surface area contributed by atoms with Crippen molar-refractivity contribution in [1.82, 2.24) is 33.9 Å². The van der Waals surface area contributed by atoms with Crippen molar-refractivity contribution in [3.63, 3.8) is 0 Å². The lowest BCUT2D eigenvalue weighted by Crippen LogP contribution is -2.48. The van der Waals surface area contributed by atoms with Crippen molar-refractivity contribution >= 4 is 27.3 Å². The van der Waals surface area contributed by atoms with E-state index >= 15 is 0 Å². The van der Waals surface area contributed by atoms with Gasteiger partial charge in [0.2, 0.25) is 10.0 Å². The molecule has 0 bridgehead atoms. The molecule has 0 atom stereocenters. The van der Waals surface area contributed by atoms with Crippen LogP contribution in [0.4, 0.5) is 0 Å². The minimum absolute atomic E-state index is 0.246. The summed E-state index contributed by atoms with van der Waals surface area (Å²) < 4.78 is 34.4. The van der Waals surface area contributed by atoms with Gasteiger partial charge in [-0.25, -0.2) is 17.9 Å². The number of hydrogen-bond donors (Lipinski definition) is 0. The quantitative estimate of drug-likeness (QED) is 0.422. The fraction of sp³-hybridized carbons (Fsp3) is 0.333. The Morgan fingerprint density at radius 3 is 2.52 bits per heavy atom. The second kappa shape index (κ2) is 8.49. The SMILES string of the molecule is Cc1cc(C)n2ncc(-c3nc(CN4CCN(S(=O)(=O)c5ccc(Cl)cc5)CC4)no3)c2n1. The first-order valence-corrected chi connectivity index (χ1v) is 12.3. The standard InChI is InChI=1S/C21H22ClN7O3S/c1-14-11-15(2)29-20(24-14)18(12-23-29)21-25-19(26-32-21)13-27-7-9-28(10-8-27)33(30,31)17-5-3-16(22)4-6-17/h3-6,11-12H,7-10,13H2,1-2H3. The summed E-state index contributed by atoms with van der Waals surface area (Å²) in [5, 5.41) is 8.98. The molecule has 0 N–H and O–H groups in total. The van der Waals surface area contributed by atoms with Crippen LogP contribution in [0.3, 0.4) is 0 Å². The molecule has 33 heavy (non-hydrogen) atoms. The van der Waals surface area contributed by atoms with Gasteiger partial charge < -0.3 is 4.52 Å². The van der Waals surface area contributed by atoms with Gasteiger partial charge in [-0.05, 0) is 44.2 Å². The van der Waals surface area contributed by atoms with Crippen molar-refractivity contribution in [2.24, 2.45) is 0 Å². The van der Waals surface area contributed by atoms with E-state index in [9.17, 15) is 8.42 Å². The highest BCUT2D eigenvalue weighted by molar-refractivity contribution is 7.89. The van der Waals surface area contributed by atoms with E-state index < -0.39 is 10.0 Å².